The number of methoxy groups -OCH3 is 2. The van der Waals surface area contributed by atoms with E-state index in [0.29, 0.717) is 0 Å². The second-order valence-electron chi connectivity index (χ2n) is 8.71. The number of nitrogens with zero attached hydrogens (tertiary/aromatic N) is 2. The van der Waals surface area contributed by atoms with Crippen LogP contribution in [0.25, 0.3) is 0 Å². The van der Waals surface area contributed by atoms with E-state index in [1.165, 1.54) is 29.8 Å². The van der Waals surface area contributed by atoms with Crippen molar-refractivity contribution in [3.63, 3.8) is 0 Å². The molecule has 8 heteroatoms. The van der Waals surface area contributed by atoms with E-state index in [-0.39, 0.29) is 42.5 Å². The van der Waals surface area contributed by atoms with Crippen LogP contribution in [0.2, 0.25) is 0 Å². The van der Waals surface area contributed by atoms with Crippen molar-refractivity contribution in [1.29, 1.82) is 0 Å². The fourth-order valence-electron chi connectivity index (χ4n) is 4.61. The summed E-state index contributed by atoms with van der Waals surface area (Å²) in [4.78, 5) is 4.94. The zero-order valence-electron chi connectivity index (χ0n) is 20.7. The quantitative estimate of drug-likeness (QED) is 0.335. The van der Waals surface area contributed by atoms with Crippen molar-refractivity contribution in [2.45, 2.75) is 18.9 Å². The minimum absolute atomic E-state index is 0. The van der Waals surface area contributed by atoms with Crippen LogP contribution in [-0.4, -0.2) is 56.7 Å². The lowest BCUT2D eigenvalue weighted by atomic mass is 9.96. The van der Waals surface area contributed by atoms with Gasteiger partial charge in [0.1, 0.15) is 11.6 Å². The highest BCUT2D eigenvalue weighted by Crippen LogP contribution is 2.29. The Bertz CT molecular complexity index is 1060. The van der Waals surface area contributed by atoms with Gasteiger partial charge in [-0.15, -0.1) is 24.8 Å². The van der Waals surface area contributed by atoms with Gasteiger partial charge in [0.15, 0.2) is 11.5 Å². The molecule has 0 aliphatic carbocycles. The third kappa shape index (κ3) is 7.81. The van der Waals surface area contributed by atoms with Crippen LogP contribution >= 0.6 is 24.8 Å². The number of ether oxygens (including phenoxy) is 2. The molecule has 0 spiro atoms. The highest BCUT2D eigenvalue weighted by atomic mass is 35.5. The summed E-state index contributed by atoms with van der Waals surface area (Å²) < 4.78 is 37.7. The zero-order chi connectivity index (χ0) is 23.9. The van der Waals surface area contributed by atoms with Crippen molar-refractivity contribution in [2.24, 2.45) is 0 Å². The molecule has 0 unspecified atom stereocenters. The zero-order valence-corrected chi connectivity index (χ0v) is 22.3. The van der Waals surface area contributed by atoms with Gasteiger partial charge in [0, 0.05) is 38.8 Å². The molecule has 3 aromatic carbocycles. The molecular formula is C28H34Cl2F2N2O2. The Hall–Kier alpha value is -2.38. The Balaban J connectivity index is 0.00000228. The van der Waals surface area contributed by atoms with Gasteiger partial charge in [0.05, 0.1) is 14.2 Å². The lowest BCUT2D eigenvalue weighted by Gasteiger charge is -2.39. The first kappa shape index (κ1) is 29.8. The number of rotatable bonds is 9. The van der Waals surface area contributed by atoms with E-state index in [4.69, 9.17) is 9.47 Å². The highest BCUT2D eigenvalue weighted by Gasteiger charge is 2.25. The van der Waals surface area contributed by atoms with Gasteiger partial charge in [0.2, 0.25) is 0 Å². The summed E-state index contributed by atoms with van der Waals surface area (Å²) in [5.74, 6) is 1.04. The van der Waals surface area contributed by atoms with Crippen LogP contribution in [0, 0.1) is 11.6 Å². The molecule has 1 aliphatic rings. The van der Waals surface area contributed by atoms with Gasteiger partial charge in [0.25, 0.3) is 0 Å². The molecule has 0 bridgehead atoms. The predicted molar refractivity (Wildman–Crippen MR) is 145 cm³/mol. The van der Waals surface area contributed by atoms with Crippen molar-refractivity contribution in [1.82, 2.24) is 9.80 Å². The van der Waals surface area contributed by atoms with E-state index in [1.807, 2.05) is 36.4 Å². The minimum atomic E-state index is -0.232. The van der Waals surface area contributed by atoms with Crippen LogP contribution in [0.5, 0.6) is 11.5 Å². The van der Waals surface area contributed by atoms with E-state index in [0.717, 1.165) is 68.2 Å². The SMILES string of the molecule is COc1ccc(CCN2CCN([C@H](Cc3ccc(F)cc3)c3ccc(F)cc3)CC2)cc1OC.Cl.Cl. The Morgan fingerprint density at radius 3 is 1.86 bits per heavy atom. The van der Waals surface area contributed by atoms with Gasteiger partial charge < -0.3 is 14.4 Å². The summed E-state index contributed by atoms with van der Waals surface area (Å²) >= 11 is 0. The molecule has 196 valence electrons. The molecule has 1 atom stereocenters. The van der Waals surface area contributed by atoms with Crippen molar-refractivity contribution >= 4 is 24.8 Å². The largest absolute Gasteiger partial charge is 0.493 e. The maximum Gasteiger partial charge on any atom is 0.160 e. The number of halogens is 4. The molecule has 1 fully saturated rings. The van der Waals surface area contributed by atoms with Gasteiger partial charge >= 0.3 is 0 Å². The second-order valence-corrected chi connectivity index (χ2v) is 8.71. The topological polar surface area (TPSA) is 24.9 Å². The van der Waals surface area contributed by atoms with Crippen LogP contribution in [0.3, 0.4) is 0 Å². The van der Waals surface area contributed by atoms with Crippen molar-refractivity contribution < 1.29 is 18.3 Å². The molecule has 4 rings (SSSR count). The summed E-state index contributed by atoms with van der Waals surface area (Å²) in [6, 6.07) is 19.7. The summed E-state index contributed by atoms with van der Waals surface area (Å²) in [5, 5.41) is 0. The average Bonchev–Trinajstić information content (AvgIpc) is 2.88. The molecule has 0 saturated carbocycles. The molecule has 0 amide bonds. The first-order valence-corrected chi connectivity index (χ1v) is 11.7. The molecule has 0 N–H and O–H groups in total. The summed E-state index contributed by atoms with van der Waals surface area (Å²) in [5.41, 5.74) is 3.39. The molecule has 1 heterocycles. The van der Waals surface area contributed by atoms with Crippen molar-refractivity contribution in [3.05, 3.63) is 95.1 Å². The van der Waals surface area contributed by atoms with Gasteiger partial charge in [-0.1, -0.05) is 30.3 Å². The maximum atomic E-state index is 13.6. The van der Waals surface area contributed by atoms with Crippen LogP contribution in [0.1, 0.15) is 22.7 Å². The Kier molecular flexibility index (Phi) is 11.9. The first-order chi connectivity index (χ1) is 16.6. The van der Waals surface area contributed by atoms with E-state index >= 15 is 0 Å². The lowest BCUT2D eigenvalue weighted by Crippen LogP contribution is -2.48. The minimum Gasteiger partial charge on any atom is -0.493 e. The standard InChI is InChI=1S/C28H32F2N2O2.2ClH/c1-33-27-12-5-22(20-28(27)34-2)13-14-31-15-17-32(18-16-31)26(23-6-10-25(30)11-7-23)19-21-3-8-24(29)9-4-21;;/h3-12,20,26H,13-19H2,1-2H3;2*1H/t26-;;/m1../s1. The molecule has 3 aromatic rings. The molecule has 36 heavy (non-hydrogen) atoms. The van der Waals surface area contributed by atoms with Gasteiger partial charge in [-0.2, -0.15) is 0 Å². The van der Waals surface area contributed by atoms with Crippen LogP contribution in [0.15, 0.2) is 66.7 Å². The third-order valence-electron chi connectivity index (χ3n) is 6.61. The summed E-state index contributed by atoms with van der Waals surface area (Å²) in [7, 11) is 3.30. The number of hydrogen-bond acceptors (Lipinski definition) is 4. The van der Waals surface area contributed by atoms with Crippen LogP contribution < -0.4 is 9.47 Å². The fourth-order valence-corrected chi connectivity index (χ4v) is 4.61. The average molecular weight is 539 g/mol. The lowest BCUT2D eigenvalue weighted by molar-refractivity contribution is 0.0960. The molecule has 0 aromatic heterocycles. The van der Waals surface area contributed by atoms with Gasteiger partial charge in [-0.25, -0.2) is 8.78 Å². The van der Waals surface area contributed by atoms with Crippen LogP contribution in [-0.2, 0) is 12.8 Å². The van der Waals surface area contributed by atoms with Gasteiger partial charge in [-0.05, 0) is 65.9 Å². The van der Waals surface area contributed by atoms with Crippen molar-refractivity contribution in [2.75, 3.05) is 46.9 Å². The third-order valence-corrected chi connectivity index (χ3v) is 6.61. The molecule has 1 aliphatic heterocycles. The number of benzene rings is 3. The number of piperazine rings is 1. The van der Waals surface area contributed by atoms with E-state index in [1.54, 1.807) is 14.2 Å². The van der Waals surface area contributed by atoms with E-state index in [2.05, 4.69) is 15.9 Å². The van der Waals surface area contributed by atoms with Gasteiger partial charge in [-0.3, -0.25) is 4.90 Å². The normalized spacial score (nSPS) is 14.9. The summed E-state index contributed by atoms with van der Waals surface area (Å²) in [6.45, 7) is 4.76. The van der Waals surface area contributed by atoms with E-state index < -0.39 is 0 Å². The monoisotopic (exact) mass is 538 g/mol. The predicted octanol–water partition coefficient (Wildman–Crippen LogP) is 5.97. The first-order valence-electron chi connectivity index (χ1n) is 11.7. The Morgan fingerprint density at radius 2 is 1.28 bits per heavy atom. The van der Waals surface area contributed by atoms with Crippen molar-refractivity contribution in [3.8, 4) is 11.5 Å². The second kappa shape index (κ2) is 14.4. The Morgan fingerprint density at radius 1 is 0.722 bits per heavy atom. The van der Waals surface area contributed by atoms with Crippen LogP contribution in [0.4, 0.5) is 8.78 Å². The van der Waals surface area contributed by atoms with E-state index in [9.17, 15) is 8.78 Å². The highest BCUT2D eigenvalue weighted by molar-refractivity contribution is 5.85. The smallest absolute Gasteiger partial charge is 0.160 e. The molecule has 4 nitrogen and oxygen atoms in total. The number of hydrogen-bond donors (Lipinski definition) is 0. The Labute approximate surface area is 225 Å². The molecule has 1 saturated heterocycles. The molecular weight excluding hydrogens is 505 g/mol. The maximum absolute atomic E-state index is 13.6. The fraction of sp³-hybridized carbons (Fsp3) is 0.357. The summed E-state index contributed by atoms with van der Waals surface area (Å²) in [6.07, 6.45) is 1.70. The molecule has 0 radical (unpaired) electrons.